The summed E-state index contributed by atoms with van der Waals surface area (Å²) in [6.45, 7) is 5.94. The van der Waals surface area contributed by atoms with Crippen molar-refractivity contribution < 1.29 is 9.59 Å². The Kier molecular flexibility index (Phi) is 4.66. The molecule has 0 saturated heterocycles. The molecule has 2 amide bonds. The summed E-state index contributed by atoms with van der Waals surface area (Å²) in [6, 6.07) is 6.99. The third-order valence-electron chi connectivity index (χ3n) is 4.36. The molecule has 2 N–H and O–H groups in total. The molecule has 1 atom stereocenters. The number of hydrogen-bond acceptors (Lipinski definition) is 2. The first-order valence-electron chi connectivity index (χ1n) is 7.57. The molecule has 4 heteroatoms. The van der Waals surface area contributed by atoms with Crippen LogP contribution in [-0.2, 0) is 0 Å². The lowest BCUT2D eigenvalue weighted by Gasteiger charge is -2.38. The molecule has 0 aromatic heterocycles. The van der Waals surface area contributed by atoms with E-state index < -0.39 is 0 Å². The van der Waals surface area contributed by atoms with Crippen molar-refractivity contribution in [2.45, 2.75) is 52.5 Å². The van der Waals surface area contributed by atoms with Crippen molar-refractivity contribution in [3.05, 3.63) is 29.8 Å². The Bertz CT molecular complexity index is 520. The Balaban J connectivity index is 1.93. The average Bonchev–Trinajstić information content (AvgIpc) is 2.41. The van der Waals surface area contributed by atoms with E-state index >= 15 is 0 Å². The molecule has 1 saturated carbocycles. The van der Waals surface area contributed by atoms with Crippen molar-refractivity contribution in [3.63, 3.8) is 0 Å². The van der Waals surface area contributed by atoms with Crippen LogP contribution in [0.4, 0.5) is 10.5 Å². The SMILES string of the molecule is CC(=O)c1ccc(NC(=O)NC2CCCCC2(C)C)cc1. The summed E-state index contributed by atoms with van der Waals surface area (Å²) in [6.07, 6.45) is 4.58. The standard InChI is InChI=1S/C17H24N2O2/c1-12(20)13-7-9-14(10-8-13)18-16(21)19-15-6-4-5-11-17(15,2)3/h7-10,15H,4-6,11H2,1-3H3,(H2,18,19,21). The minimum absolute atomic E-state index is 0.0231. The van der Waals surface area contributed by atoms with Crippen molar-refractivity contribution in [1.29, 1.82) is 0 Å². The lowest BCUT2D eigenvalue weighted by Crippen LogP contribution is -2.48. The molecule has 0 radical (unpaired) electrons. The predicted octanol–water partition coefficient (Wildman–Crippen LogP) is 3.98. The van der Waals surface area contributed by atoms with E-state index in [1.54, 1.807) is 24.3 Å². The summed E-state index contributed by atoms with van der Waals surface area (Å²) in [5.74, 6) is 0.0231. The van der Waals surface area contributed by atoms with Crippen LogP contribution in [0, 0.1) is 5.41 Å². The van der Waals surface area contributed by atoms with Gasteiger partial charge in [0.2, 0.25) is 0 Å². The highest BCUT2D eigenvalue weighted by molar-refractivity contribution is 5.95. The number of amides is 2. The molecule has 1 aliphatic carbocycles. The van der Waals surface area contributed by atoms with Crippen molar-refractivity contribution in [1.82, 2.24) is 5.32 Å². The number of carbonyl (C=O) groups excluding carboxylic acids is 2. The number of Topliss-reactive ketones (excluding diaryl/α,β-unsaturated/α-hetero) is 1. The van der Waals surface area contributed by atoms with E-state index in [9.17, 15) is 9.59 Å². The highest BCUT2D eigenvalue weighted by atomic mass is 16.2. The summed E-state index contributed by atoms with van der Waals surface area (Å²) < 4.78 is 0. The third-order valence-corrected chi connectivity index (χ3v) is 4.36. The summed E-state index contributed by atoms with van der Waals surface area (Å²) in [4.78, 5) is 23.3. The molecule has 2 rings (SSSR count). The fourth-order valence-electron chi connectivity index (χ4n) is 2.88. The number of hydrogen-bond donors (Lipinski definition) is 2. The van der Waals surface area contributed by atoms with E-state index in [-0.39, 0.29) is 23.3 Å². The number of benzene rings is 1. The van der Waals surface area contributed by atoms with E-state index in [1.165, 1.54) is 19.8 Å². The van der Waals surface area contributed by atoms with Crippen LogP contribution in [0.1, 0.15) is 56.8 Å². The molecule has 0 aliphatic heterocycles. The van der Waals surface area contributed by atoms with E-state index in [4.69, 9.17) is 0 Å². The highest BCUT2D eigenvalue weighted by Crippen LogP contribution is 2.35. The second kappa shape index (κ2) is 6.29. The van der Waals surface area contributed by atoms with Crippen LogP contribution >= 0.6 is 0 Å². The molecule has 1 aliphatic rings. The van der Waals surface area contributed by atoms with E-state index in [2.05, 4.69) is 24.5 Å². The first-order chi connectivity index (χ1) is 9.88. The molecule has 0 heterocycles. The number of rotatable bonds is 3. The maximum atomic E-state index is 12.1. The molecule has 4 nitrogen and oxygen atoms in total. The molecule has 1 unspecified atom stereocenters. The Hall–Kier alpha value is -1.84. The van der Waals surface area contributed by atoms with E-state index in [0.29, 0.717) is 11.3 Å². The van der Waals surface area contributed by atoms with Crippen LogP contribution in [0.5, 0.6) is 0 Å². The van der Waals surface area contributed by atoms with Gasteiger partial charge in [0.05, 0.1) is 0 Å². The maximum absolute atomic E-state index is 12.1. The van der Waals surface area contributed by atoms with Gasteiger partial charge < -0.3 is 10.6 Å². The van der Waals surface area contributed by atoms with Crippen molar-refractivity contribution in [2.24, 2.45) is 5.41 Å². The van der Waals surface area contributed by atoms with Gasteiger partial charge in [-0.05, 0) is 49.4 Å². The molecular formula is C17H24N2O2. The van der Waals surface area contributed by atoms with Crippen molar-refractivity contribution in [2.75, 3.05) is 5.32 Å². The minimum Gasteiger partial charge on any atom is -0.335 e. The normalized spacial score (nSPS) is 20.6. The van der Waals surface area contributed by atoms with Crippen LogP contribution in [0.15, 0.2) is 24.3 Å². The van der Waals surface area contributed by atoms with Crippen LogP contribution in [0.3, 0.4) is 0 Å². The molecule has 114 valence electrons. The Morgan fingerprint density at radius 2 is 1.81 bits per heavy atom. The van der Waals surface area contributed by atoms with Crippen LogP contribution in [0.25, 0.3) is 0 Å². The van der Waals surface area contributed by atoms with Gasteiger partial charge in [0.25, 0.3) is 0 Å². The molecule has 0 bridgehead atoms. The van der Waals surface area contributed by atoms with Gasteiger partial charge in [0.1, 0.15) is 0 Å². The van der Waals surface area contributed by atoms with Crippen molar-refractivity contribution >= 4 is 17.5 Å². The van der Waals surface area contributed by atoms with Gasteiger partial charge in [-0.3, -0.25) is 4.79 Å². The Morgan fingerprint density at radius 1 is 1.14 bits per heavy atom. The minimum atomic E-state index is -0.175. The number of urea groups is 1. The Morgan fingerprint density at radius 3 is 2.38 bits per heavy atom. The number of anilines is 1. The van der Waals surface area contributed by atoms with Gasteiger partial charge >= 0.3 is 6.03 Å². The van der Waals surface area contributed by atoms with Gasteiger partial charge in [0, 0.05) is 17.3 Å². The largest absolute Gasteiger partial charge is 0.335 e. The van der Waals surface area contributed by atoms with E-state index in [0.717, 1.165) is 12.8 Å². The molecule has 0 spiro atoms. The maximum Gasteiger partial charge on any atom is 0.319 e. The fourth-order valence-corrected chi connectivity index (χ4v) is 2.88. The quantitative estimate of drug-likeness (QED) is 0.826. The first kappa shape index (κ1) is 15.5. The van der Waals surface area contributed by atoms with Crippen LogP contribution in [0.2, 0.25) is 0 Å². The summed E-state index contributed by atoms with van der Waals surface area (Å²) >= 11 is 0. The second-order valence-corrected chi connectivity index (χ2v) is 6.52. The van der Waals surface area contributed by atoms with Gasteiger partial charge in [0.15, 0.2) is 5.78 Å². The zero-order valence-electron chi connectivity index (χ0n) is 13.0. The molecule has 1 fully saturated rings. The second-order valence-electron chi connectivity index (χ2n) is 6.52. The molecule has 1 aromatic carbocycles. The van der Waals surface area contributed by atoms with Gasteiger partial charge in [-0.15, -0.1) is 0 Å². The molecule has 21 heavy (non-hydrogen) atoms. The summed E-state index contributed by atoms with van der Waals surface area (Å²) in [5, 5.41) is 5.91. The molecule has 1 aromatic rings. The van der Waals surface area contributed by atoms with Gasteiger partial charge in [-0.25, -0.2) is 4.79 Å². The zero-order valence-corrected chi connectivity index (χ0v) is 13.0. The first-order valence-corrected chi connectivity index (χ1v) is 7.57. The summed E-state index contributed by atoms with van der Waals surface area (Å²) in [7, 11) is 0. The predicted molar refractivity (Wildman–Crippen MR) is 84.6 cm³/mol. The number of nitrogens with one attached hydrogen (secondary N) is 2. The van der Waals surface area contributed by atoms with E-state index in [1.807, 2.05) is 0 Å². The lowest BCUT2D eigenvalue weighted by atomic mass is 9.73. The van der Waals surface area contributed by atoms with Gasteiger partial charge in [-0.1, -0.05) is 26.7 Å². The van der Waals surface area contributed by atoms with Crippen LogP contribution < -0.4 is 10.6 Å². The summed E-state index contributed by atoms with van der Waals surface area (Å²) in [5.41, 5.74) is 1.49. The third kappa shape index (κ3) is 4.06. The number of carbonyl (C=O) groups is 2. The molecular weight excluding hydrogens is 264 g/mol. The van der Waals surface area contributed by atoms with Crippen LogP contribution in [-0.4, -0.2) is 17.9 Å². The fraction of sp³-hybridized carbons (Fsp3) is 0.529. The Labute approximate surface area is 126 Å². The highest BCUT2D eigenvalue weighted by Gasteiger charge is 2.33. The smallest absolute Gasteiger partial charge is 0.319 e. The van der Waals surface area contributed by atoms with Crippen molar-refractivity contribution in [3.8, 4) is 0 Å². The monoisotopic (exact) mass is 288 g/mol. The topological polar surface area (TPSA) is 58.2 Å². The average molecular weight is 288 g/mol. The van der Waals surface area contributed by atoms with Gasteiger partial charge in [-0.2, -0.15) is 0 Å². The zero-order chi connectivity index (χ0) is 15.5. The number of ketones is 1. The lowest BCUT2D eigenvalue weighted by molar-refractivity contribution is 0.101.